The number of ether oxygens (including phenoxy) is 1. The number of amides is 1. The van der Waals surface area contributed by atoms with E-state index >= 15 is 0 Å². The molecule has 2 aromatic heterocycles. The molecule has 0 radical (unpaired) electrons. The van der Waals surface area contributed by atoms with Crippen LogP contribution in [0.15, 0.2) is 47.8 Å². The Kier molecular flexibility index (Phi) is 6.32. The van der Waals surface area contributed by atoms with Crippen molar-refractivity contribution < 1.29 is 22.7 Å². The van der Waals surface area contributed by atoms with Gasteiger partial charge in [0.1, 0.15) is 11.6 Å². The van der Waals surface area contributed by atoms with Gasteiger partial charge in [0.05, 0.1) is 12.1 Å². The van der Waals surface area contributed by atoms with Gasteiger partial charge in [-0.1, -0.05) is 24.3 Å². The van der Waals surface area contributed by atoms with Gasteiger partial charge in [0.15, 0.2) is 5.13 Å². The molecule has 1 amide bonds. The lowest BCUT2D eigenvalue weighted by Crippen LogP contribution is -2.25. The fraction of sp³-hybridized carbons (Fsp3) is 0.211. The Morgan fingerprint density at radius 3 is 2.69 bits per heavy atom. The molecule has 29 heavy (non-hydrogen) atoms. The van der Waals surface area contributed by atoms with Gasteiger partial charge in [-0.3, -0.25) is 4.79 Å². The van der Waals surface area contributed by atoms with E-state index in [4.69, 9.17) is 0 Å². The number of nitrogens with zero attached hydrogens (tertiary/aromatic N) is 2. The first-order valence-electron chi connectivity index (χ1n) is 8.54. The molecule has 0 fully saturated rings. The van der Waals surface area contributed by atoms with Crippen molar-refractivity contribution in [3.8, 4) is 5.75 Å². The topological polar surface area (TPSA) is 76.1 Å². The molecule has 0 atom stereocenters. The summed E-state index contributed by atoms with van der Waals surface area (Å²) in [7, 11) is 0. The molecule has 1 aromatic carbocycles. The summed E-state index contributed by atoms with van der Waals surface area (Å²) >= 11 is 1.33. The van der Waals surface area contributed by atoms with Gasteiger partial charge in [-0.25, -0.2) is 9.97 Å². The van der Waals surface area contributed by atoms with Gasteiger partial charge in [0.2, 0.25) is 5.91 Å². The summed E-state index contributed by atoms with van der Waals surface area (Å²) < 4.78 is 41.4. The number of aryl methyl sites for hydroxylation is 1. The highest BCUT2D eigenvalue weighted by atomic mass is 32.1. The molecule has 0 saturated carbocycles. The molecule has 0 aliphatic rings. The van der Waals surface area contributed by atoms with Crippen LogP contribution >= 0.6 is 11.3 Å². The van der Waals surface area contributed by atoms with E-state index in [0.717, 1.165) is 5.69 Å². The van der Waals surface area contributed by atoms with Crippen LogP contribution in [0.5, 0.6) is 5.75 Å². The Morgan fingerprint density at radius 2 is 1.93 bits per heavy atom. The van der Waals surface area contributed by atoms with Crippen LogP contribution in [0.4, 0.5) is 24.1 Å². The van der Waals surface area contributed by atoms with Crippen molar-refractivity contribution in [2.45, 2.75) is 26.3 Å². The second-order valence-electron chi connectivity index (χ2n) is 6.04. The lowest BCUT2D eigenvalue weighted by Gasteiger charge is -2.13. The van der Waals surface area contributed by atoms with Crippen molar-refractivity contribution in [1.29, 1.82) is 0 Å². The van der Waals surface area contributed by atoms with E-state index in [1.54, 1.807) is 17.5 Å². The number of alkyl halides is 3. The van der Waals surface area contributed by atoms with Crippen LogP contribution in [0.2, 0.25) is 0 Å². The second kappa shape index (κ2) is 8.91. The smallest absolute Gasteiger partial charge is 0.405 e. The maximum Gasteiger partial charge on any atom is 0.573 e. The van der Waals surface area contributed by atoms with E-state index in [1.807, 2.05) is 19.1 Å². The fourth-order valence-electron chi connectivity index (χ4n) is 2.46. The molecule has 0 aliphatic heterocycles. The third kappa shape index (κ3) is 6.46. The van der Waals surface area contributed by atoms with Crippen molar-refractivity contribution >= 4 is 28.2 Å². The van der Waals surface area contributed by atoms with Crippen LogP contribution in [0, 0.1) is 6.92 Å². The monoisotopic (exact) mass is 422 g/mol. The number of benzene rings is 1. The first kappa shape index (κ1) is 20.6. The molecule has 0 aliphatic carbocycles. The maximum absolute atomic E-state index is 12.5. The summed E-state index contributed by atoms with van der Waals surface area (Å²) in [4.78, 5) is 20.8. The minimum Gasteiger partial charge on any atom is -0.405 e. The molecule has 2 heterocycles. The van der Waals surface area contributed by atoms with Crippen molar-refractivity contribution in [2.24, 2.45) is 0 Å². The molecular weight excluding hydrogens is 405 g/mol. The zero-order valence-corrected chi connectivity index (χ0v) is 16.1. The van der Waals surface area contributed by atoms with E-state index in [0.29, 0.717) is 16.6 Å². The highest BCUT2D eigenvalue weighted by Crippen LogP contribution is 2.26. The van der Waals surface area contributed by atoms with E-state index in [9.17, 15) is 18.0 Å². The van der Waals surface area contributed by atoms with Crippen LogP contribution in [0.25, 0.3) is 0 Å². The molecule has 3 rings (SSSR count). The Balaban J connectivity index is 1.55. The first-order valence-corrected chi connectivity index (χ1v) is 9.42. The molecule has 0 unspecified atom stereocenters. The molecule has 0 bridgehead atoms. The van der Waals surface area contributed by atoms with Crippen LogP contribution in [0.1, 0.15) is 17.0 Å². The number of anilines is 2. The summed E-state index contributed by atoms with van der Waals surface area (Å²) in [5.41, 5.74) is 1.63. The van der Waals surface area contributed by atoms with Crippen molar-refractivity contribution in [3.63, 3.8) is 0 Å². The number of pyridine rings is 1. The first-order chi connectivity index (χ1) is 13.8. The average Bonchev–Trinajstić information content (AvgIpc) is 3.06. The van der Waals surface area contributed by atoms with E-state index in [2.05, 4.69) is 25.3 Å². The molecule has 3 aromatic rings. The highest BCUT2D eigenvalue weighted by molar-refractivity contribution is 7.13. The maximum atomic E-state index is 12.5. The molecule has 2 N–H and O–H groups in total. The van der Waals surface area contributed by atoms with Crippen LogP contribution in [0.3, 0.4) is 0 Å². The Bertz CT molecular complexity index is 991. The van der Waals surface area contributed by atoms with Gasteiger partial charge in [0, 0.05) is 23.2 Å². The average molecular weight is 422 g/mol. The van der Waals surface area contributed by atoms with Gasteiger partial charge in [0.25, 0.3) is 0 Å². The quantitative estimate of drug-likeness (QED) is 0.592. The fourth-order valence-corrected chi connectivity index (χ4v) is 3.18. The predicted molar refractivity (Wildman–Crippen MR) is 103 cm³/mol. The van der Waals surface area contributed by atoms with Crippen molar-refractivity contribution in [3.05, 3.63) is 64.8 Å². The lowest BCUT2D eigenvalue weighted by atomic mass is 10.2. The number of aromatic nitrogens is 2. The van der Waals surface area contributed by atoms with Gasteiger partial charge < -0.3 is 15.4 Å². The zero-order valence-electron chi connectivity index (χ0n) is 15.3. The van der Waals surface area contributed by atoms with Crippen molar-refractivity contribution in [2.75, 3.05) is 5.32 Å². The van der Waals surface area contributed by atoms with E-state index < -0.39 is 6.36 Å². The SMILES string of the molecule is Cc1cccc(Nc2nc(CC(=O)NCc3ccccc3OC(F)(F)F)cs2)n1. The number of hydrogen-bond donors (Lipinski definition) is 2. The number of halogens is 3. The minimum atomic E-state index is -4.80. The lowest BCUT2D eigenvalue weighted by molar-refractivity contribution is -0.274. The molecular formula is C19H17F3N4O2S. The zero-order chi connectivity index (χ0) is 20.9. The summed E-state index contributed by atoms with van der Waals surface area (Å²) in [6.45, 7) is 1.79. The number of para-hydroxylation sites is 1. The van der Waals surface area contributed by atoms with Crippen LogP contribution < -0.4 is 15.4 Å². The standard InChI is InChI=1S/C19H17F3N4O2S/c1-12-5-4-8-16(24-12)26-18-25-14(11-29-18)9-17(27)23-10-13-6-2-3-7-15(13)28-19(20,21)22/h2-8,11H,9-10H2,1H3,(H,23,27)(H,24,25,26). The second-order valence-corrected chi connectivity index (χ2v) is 6.90. The van der Waals surface area contributed by atoms with Crippen molar-refractivity contribution in [1.82, 2.24) is 15.3 Å². The number of hydrogen-bond acceptors (Lipinski definition) is 6. The summed E-state index contributed by atoms with van der Waals surface area (Å²) in [6.07, 6.45) is -4.79. The molecule has 10 heteroatoms. The van der Waals surface area contributed by atoms with Gasteiger partial charge in [-0.15, -0.1) is 24.5 Å². The summed E-state index contributed by atoms with van der Waals surface area (Å²) in [6, 6.07) is 11.2. The van der Waals surface area contributed by atoms with Crippen LogP contribution in [-0.2, 0) is 17.8 Å². The molecule has 6 nitrogen and oxygen atoms in total. The van der Waals surface area contributed by atoms with E-state index in [1.165, 1.54) is 29.5 Å². The van der Waals surface area contributed by atoms with Gasteiger partial charge >= 0.3 is 6.36 Å². The predicted octanol–water partition coefficient (Wildman–Crippen LogP) is 4.35. The number of nitrogens with one attached hydrogen (secondary N) is 2. The third-order valence-corrected chi connectivity index (χ3v) is 4.50. The summed E-state index contributed by atoms with van der Waals surface area (Å²) in [5, 5.41) is 7.98. The normalized spacial score (nSPS) is 11.2. The number of thiazole rings is 1. The van der Waals surface area contributed by atoms with Gasteiger partial charge in [-0.05, 0) is 25.1 Å². The van der Waals surface area contributed by atoms with Crippen LogP contribution in [-0.4, -0.2) is 22.2 Å². The molecule has 0 saturated heterocycles. The largest absolute Gasteiger partial charge is 0.573 e. The third-order valence-electron chi connectivity index (χ3n) is 3.69. The summed E-state index contributed by atoms with van der Waals surface area (Å²) in [5.74, 6) is -0.0555. The number of carbonyl (C=O) groups excluding carboxylic acids is 1. The highest BCUT2D eigenvalue weighted by Gasteiger charge is 2.31. The Morgan fingerprint density at radius 1 is 1.14 bits per heavy atom. The molecule has 152 valence electrons. The van der Waals surface area contributed by atoms with E-state index in [-0.39, 0.29) is 30.2 Å². The molecule has 0 spiro atoms. The number of rotatable bonds is 7. The minimum absolute atomic E-state index is 0.00171. The Labute approximate surface area is 168 Å². The van der Waals surface area contributed by atoms with Gasteiger partial charge in [-0.2, -0.15) is 0 Å². The number of carbonyl (C=O) groups is 1. The Hall–Kier alpha value is -3.14.